The molecule has 5 aromatic rings. The number of carbonyl (C=O) groups is 5. The van der Waals surface area contributed by atoms with Crippen LogP contribution in [0.15, 0.2) is 130 Å². The van der Waals surface area contributed by atoms with Crippen molar-refractivity contribution in [2.45, 2.75) is 39.7 Å². The van der Waals surface area contributed by atoms with Gasteiger partial charge in [-0.25, -0.2) is 0 Å². The van der Waals surface area contributed by atoms with E-state index in [1.54, 1.807) is 23.1 Å². The number of rotatable bonds is 23. The second-order valence-electron chi connectivity index (χ2n) is 15.2. The molecule has 0 fully saturated rings. The van der Waals surface area contributed by atoms with Crippen molar-refractivity contribution in [2.75, 3.05) is 55.6 Å². The summed E-state index contributed by atoms with van der Waals surface area (Å²) >= 11 is 0. The number of esters is 3. The molecule has 1 N–H and O–H groups in total. The Morgan fingerprint density at radius 1 is 0.616 bits per heavy atom. The first-order valence-corrected chi connectivity index (χ1v) is 21.7. The number of azo groups is 2. The standard InChI is InChI=1S/C26H23N5O5.C22H24N6O9/c1-19(32)18-36-26(33)13-14-30(17-20-5-3-2-4-6-20)23-9-7-22(8-10-23)28-29-25-12-11-24(31(34)35)15-21(25)16-27;1-14(29)23-19-12-15(26(10-8-21(30)36-2)11-9-22(31)37-3)4-6-17(19)24-25-18-7-5-16(27(32)33)13-20(18)28(34)35/h2-12,15H,13-14,17-18H2,1H3;4-7,12-13H,8-11H2,1-3H3,(H,23,29). The number of anilines is 3. The number of methoxy groups -OCH3 is 2. The van der Waals surface area contributed by atoms with E-state index in [9.17, 15) is 59.6 Å². The molecule has 0 aliphatic carbocycles. The minimum Gasteiger partial charge on any atom is -0.469 e. The zero-order valence-corrected chi connectivity index (χ0v) is 39.7. The van der Waals surface area contributed by atoms with E-state index in [0.29, 0.717) is 24.5 Å². The molecule has 378 valence electrons. The van der Waals surface area contributed by atoms with E-state index >= 15 is 0 Å². The Hall–Kier alpha value is -9.86. The quantitative estimate of drug-likeness (QED) is 0.0209. The largest absolute Gasteiger partial charge is 0.469 e. The van der Waals surface area contributed by atoms with E-state index in [4.69, 9.17) is 4.74 Å². The minimum atomic E-state index is -0.820. The van der Waals surface area contributed by atoms with Crippen molar-refractivity contribution in [1.82, 2.24) is 0 Å². The lowest BCUT2D eigenvalue weighted by molar-refractivity contribution is -0.393. The first-order valence-electron chi connectivity index (χ1n) is 21.7. The van der Waals surface area contributed by atoms with Crippen LogP contribution in [0.2, 0.25) is 0 Å². The molecule has 0 aromatic heterocycles. The molecule has 0 saturated carbocycles. The lowest BCUT2D eigenvalue weighted by Gasteiger charge is -2.25. The molecule has 0 radical (unpaired) electrons. The van der Waals surface area contributed by atoms with Crippen LogP contribution in [-0.2, 0) is 44.7 Å². The summed E-state index contributed by atoms with van der Waals surface area (Å²) in [7, 11) is 2.51. The molecule has 0 atom stereocenters. The van der Waals surface area contributed by atoms with Gasteiger partial charge in [0.25, 0.3) is 11.4 Å². The molecule has 0 saturated heterocycles. The van der Waals surface area contributed by atoms with Gasteiger partial charge in [0.15, 0.2) is 11.5 Å². The molecule has 0 aliphatic heterocycles. The number of benzene rings is 5. The van der Waals surface area contributed by atoms with Gasteiger partial charge in [-0.3, -0.25) is 54.3 Å². The van der Waals surface area contributed by atoms with E-state index in [2.05, 4.69) is 35.2 Å². The fourth-order valence-electron chi connectivity index (χ4n) is 6.33. The molecule has 0 spiro atoms. The predicted octanol–water partition coefficient (Wildman–Crippen LogP) is 9.22. The molecule has 0 heterocycles. The topological polar surface area (TPSA) is 334 Å². The van der Waals surface area contributed by atoms with Gasteiger partial charge in [-0.1, -0.05) is 30.3 Å². The van der Waals surface area contributed by atoms with Crippen molar-refractivity contribution in [3.63, 3.8) is 0 Å². The van der Waals surface area contributed by atoms with Crippen LogP contribution in [0.5, 0.6) is 0 Å². The predicted molar refractivity (Wildman–Crippen MR) is 262 cm³/mol. The van der Waals surface area contributed by atoms with E-state index in [-0.39, 0.29) is 78.7 Å². The molecule has 0 unspecified atom stereocenters. The summed E-state index contributed by atoms with van der Waals surface area (Å²) in [5.41, 5.74) is 2.01. The number of non-ortho nitro benzene ring substituents is 2. The highest BCUT2D eigenvalue weighted by Crippen LogP contribution is 2.36. The average molecular weight is 1000 g/mol. The number of nitro benzene ring substituents is 3. The highest BCUT2D eigenvalue weighted by atomic mass is 16.6. The number of hydrogen-bond donors (Lipinski definition) is 1. The highest BCUT2D eigenvalue weighted by molar-refractivity contribution is 5.93. The van der Waals surface area contributed by atoms with Gasteiger partial charge in [0.05, 0.1) is 71.3 Å². The number of ketones is 1. The van der Waals surface area contributed by atoms with Crippen LogP contribution in [0.25, 0.3) is 0 Å². The summed E-state index contributed by atoms with van der Waals surface area (Å²) < 4.78 is 14.3. The maximum absolute atomic E-state index is 12.0. The van der Waals surface area contributed by atoms with Gasteiger partial charge in [-0.2, -0.15) is 10.4 Å². The first kappa shape index (κ1) is 55.7. The molecule has 0 bridgehead atoms. The van der Waals surface area contributed by atoms with Crippen molar-refractivity contribution in [1.29, 1.82) is 5.26 Å². The number of ether oxygens (including phenoxy) is 3. The average Bonchev–Trinajstić information content (AvgIpc) is 3.38. The SMILES string of the molecule is CC(=O)COC(=O)CCN(Cc1ccccc1)c1ccc(N=Nc2ccc([N+](=O)[O-])cc2C#N)cc1.COC(=O)CCN(CCC(=O)OC)c1ccc(N=Nc2ccc([N+](=O)[O-])cc2[N+](=O)[O-])c(NC(C)=O)c1. The molecular weight excluding hydrogens is 955 g/mol. The zero-order chi connectivity index (χ0) is 53.5. The zero-order valence-electron chi connectivity index (χ0n) is 39.7. The number of amides is 1. The second kappa shape index (κ2) is 28.0. The normalized spacial score (nSPS) is 10.6. The molecular formula is C48H47N11O14. The van der Waals surface area contributed by atoms with Crippen LogP contribution in [0.3, 0.4) is 0 Å². The van der Waals surface area contributed by atoms with Crippen molar-refractivity contribution in [3.05, 3.63) is 151 Å². The van der Waals surface area contributed by atoms with Gasteiger partial charge in [-0.05, 0) is 67.1 Å². The lowest BCUT2D eigenvalue weighted by Crippen LogP contribution is -2.29. The molecule has 73 heavy (non-hydrogen) atoms. The van der Waals surface area contributed by atoms with E-state index in [0.717, 1.165) is 35.5 Å². The van der Waals surface area contributed by atoms with Crippen LogP contribution in [0.1, 0.15) is 44.2 Å². The summed E-state index contributed by atoms with van der Waals surface area (Å²) in [6, 6.07) is 30.1. The van der Waals surface area contributed by atoms with Crippen molar-refractivity contribution >= 4 is 86.5 Å². The number of nitriles is 1. The summed E-state index contributed by atoms with van der Waals surface area (Å²) in [5, 5.41) is 61.1. The maximum atomic E-state index is 12.0. The van der Waals surface area contributed by atoms with Gasteiger partial charge in [0.1, 0.15) is 24.1 Å². The highest BCUT2D eigenvalue weighted by Gasteiger charge is 2.21. The Morgan fingerprint density at radius 3 is 1.71 bits per heavy atom. The molecule has 5 aromatic carbocycles. The summed E-state index contributed by atoms with van der Waals surface area (Å²) in [6.45, 7) is 3.70. The van der Waals surface area contributed by atoms with Gasteiger partial charge in [0, 0.05) is 62.7 Å². The van der Waals surface area contributed by atoms with Crippen molar-refractivity contribution < 1.29 is 53.0 Å². The van der Waals surface area contributed by atoms with E-state index < -0.39 is 50.0 Å². The maximum Gasteiger partial charge on any atom is 0.308 e. The van der Waals surface area contributed by atoms with Crippen LogP contribution < -0.4 is 15.1 Å². The van der Waals surface area contributed by atoms with Crippen LogP contribution in [0.4, 0.5) is 56.9 Å². The third-order valence-corrected chi connectivity index (χ3v) is 9.95. The Labute approximate surface area is 416 Å². The van der Waals surface area contributed by atoms with Gasteiger partial charge in [-0.15, -0.1) is 15.3 Å². The third kappa shape index (κ3) is 18.2. The number of nitro groups is 3. The van der Waals surface area contributed by atoms with Gasteiger partial charge >= 0.3 is 23.6 Å². The number of Topliss-reactive ketones (excluding diaryl/α,β-unsaturated/α-hetero) is 1. The number of nitrogens with zero attached hydrogens (tertiary/aromatic N) is 10. The number of carbonyl (C=O) groups excluding carboxylic acids is 5. The minimum absolute atomic E-state index is 0.0262. The Kier molecular flexibility index (Phi) is 21.4. The molecule has 1 amide bonds. The van der Waals surface area contributed by atoms with Crippen LogP contribution in [-0.4, -0.2) is 84.8 Å². The first-order chi connectivity index (χ1) is 34.9. The summed E-state index contributed by atoms with van der Waals surface area (Å²) in [4.78, 5) is 92.9. The third-order valence-electron chi connectivity index (χ3n) is 9.95. The number of hydrogen-bond acceptors (Lipinski definition) is 21. The second-order valence-corrected chi connectivity index (χ2v) is 15.2. The molecule has 25 nitrogen and oxygen atoms in total. The Balaban J connectivity index is 0.000000317. The molecule has 0 aliphatic rings. The van der Waals surface area contributed by atoms with Crippen molar-refractivity contribution in [2.24, 2.45) is 20.5 Å². The van der Waals surface area contributed by atoms with Crippen LogP contribution in [0, 0.1) is 41.7 Å². The molecule has 5 rings (SSSR count). The monoisotopic (exact) mass is 1000 g/mol. The lowest BCUT2D eigenvalue weighted by atomic mass is 10.2. The van der Waals surface area contributed by atoms with E-state index in [1.165, 1.54) is 52.3 Å². The Morgan fingerprint density at radius 2 is 1.15 bits per heavy atom. The number of nitrogens with one attached hydrogen (secondary N) is 1. The van der Waals surface area contributed by atoms with E-state index in [1.807, 2.05) is 53.4 Å². The summed E-state index contributed by atoms with van der Waals surface area (Å²) in [6.07, 6.45) is 0.162. The van der Waals surface area contributed by atoms with Gasteiger partial charge < -0.3 is 29.3 Å². The van der Waals surface area contributed by atoms with Gasteiger partial charge in [0.2, 0.25) is 5.91 Å². The Bertz CT molecular complexity index is 2910. The smallest absolute Gasteiger partial charge is 0.308 e. The molecule has 25 heteroatoms. The van der Waals surface area contributed by atoms with Crippen molar-refractivity contribution in [3.8, 4) is 6.07 Å². The summed E-state index contributed by atoms with van der Waals surface area (Å²) in [5.74, 6) is -2.03. The fraction of sp³-hybridized carbons (Fsp3) is 0.250. The fourth-order valence-corrected chi connectivity index (χ4v) is 6.33. The van der Waals surface area contributed by atoms with Crippen LogP contribution >= 0.6 is 0 Å².